The number of carbonyl (C=O) groups is 4. The Morgan fingerprint density at radius 2 is 1.88 bits per heavy atom. The molecule has 0 radical (unpaired) electrons. The zero-order valence-corrected chi connectivity index (χ0v) is 18.4. The van der Waals surface area contributed by atoms with Gasteiger partial charge in [0.15, 0.2) is 0 Å². The zero-order valence-electron chi connectivity index (χ0n) is 18.4. The van der Waals surface area contributed by atoms with Crippen molar-refractivity contribution >= 4 is 35.0 Å². The number of amides is 4. The Hall–Kier alpha value is -4.40. The van der Waals surface area contributed by atoms with E-state index in [0.717, 1.165) is 11.3 Å². The first-order valence-corrected chi connectivity index (χ1v) is 10.8. The molecule has 9 nitrogen and oxygen atoms in total. The first-order chi connectivity index (χ1) is 16.5. The topological polar surface area (TPSA) is 109 Å². The monoisotopic (exact) mass is 459 g/mol. The van der Waals surface area contributed by atoms with Crippen molar-refractivity contribution in [3.8, 4) is 5.75 Å². The summed E-state index contributed by atoms with van der Waals surface area (Å²) in [5.74, 6) is -0.363. The van der Waals surface area contributed by atoms with Crippen LogP contribution in [0.4, 0.5) is 11.4 Å². The van der Waals surface area contributed by atoms with E-state index in [1.54, 1.807) is 35.2 Å². The van der Waals surface area contributed by atoms with Gasteiger partial charge in [-0.2, -0.15) is 0 Å². The third-order valence-electron chi connectivity index (χ3n) is 5.93. The molecular formula is C25H21N3O6. The number of ether oxygens (including phenoxy) is 1. The lowest BCUT2D eigenvalue weighted by Gasteiger charge is -2.19. The molecule has 2 aliphatic heterocycles. The fourth-order valence-electron chi connectivity index (χ4n) is 4.22. The van der Waals surface area contributed by atoms with Crippen molar-refractivity contribution in [1.82, 2.24) is 4.90 Å². The van der Waals surface area contributed by atoms with Gasteiger partial charge < -0.3 is 19.4 Å². The number of fused-ring (bicyclic) bond motifs is 1. The Balaban J connectivity index is 1.35. The summed E-state index contributed by atoms with van der Waals surface area (Å²) in [4.78, 5) is 53.2. The smallest absolute Gasteiger partial charge is 0.261 e. The van der Waals surface area contributed by atoms with Crippen LogP contribution in [0, 0.1) is 0 Å². The minimum absolute atomic E-state index is 0.0204. The van der Waals surface area contributed by atoms with E-state index in [1.807, 2.05) is 0 Å². The molecule has 0 saturated carbocycles. The Kier molecular flexibility index (Phi) is 5.37. The van der Waals surface area contributed by atoms with Crippen molar-refractivity contribution in [2.24, 2.45) is 0 Å². The molecule has 2 aliphatic rings. The molecule has 0 spiro atoms. The molecule has 2 aromatic carbocycles. The summed E-state index contributed by atoms with van der Waals surface area (Å²) in [5.41, 5.74) is 1.78. The highest BCUT2D eigenvalue weighted by molar-refractivity contribution is 6.22. The van der Waals surface area contributed by atoms with Crippen LogP contribution in [0.1, 0.15) is 49.7 Å². The van der Waals surface area contributed by atoms with E-state index in [-0.39, 0.29) is 29.1 Å². The number of furan rings is 1. The largest absolute Gasteiger partial charge is 0.494 e. The predicted octanol–water partition coefficient (Wildman–Crippen LogP) is 3.46. The second-order valence-electron chi connectivity index (χ2n) is 8.03. The third-order valence-corrected chi connectivity index (χ3v) is 5.93. The number of nitrogens with zero attached hydrogens (tertiary/aromatic N) is 2. The zero-order chi connectivity index (χ0) is 23.8. The summed E-state index contributed by atoms with van der Waals surface area (Å²) in [6, 6.07) is 12.8. The van der Waals surface area contributed by atoms with Crippen LogP contribution < -0.4 is 15.0 Å². The minimum Gasteiger partial charge on any atom is -0.494 e. The molecule has 1 saturated heterocycles. The molecule has 3 heterocycles. The van der Waals surface area contributed by atoms with Crippen molar-refractivity contribution in [3.05, 3.63) is 77.2 Å². The van der Waals surface area contributed by atoms with Crippen LogP contribution in [0.2, 0.25) is 0 Å². The van der Waals surface area contributed by atoms with Crippen molar-refractivity contribution in [1.29, 1.82) is 0 Å². The fourth-order valence-corrected chi connectivity index (χ4v) is 4.22. The summed E-state index contributed by atoms with van der Waals surface area (Å²) in [7, 11) is 1.50. The van der Waals surface area contributed by atoms with E-state index in [9.17, 15) is 19.2 Å². The first kappa shape index (κ1) is 21.4. The number of anilines is 2. The fraction of sp³-hybridized carbons (Fsp3) is 0.200. The van der Waals surface area contributed by atoms with Crippen molar-refractivity contribution in [3.63, 3.8) is 0 Å². The average molecular weight is 459 g/mol. The standard InChI is InChI=1S/C25H21N3O6/c1-33-21-13-16(7-9-20(21)27-10-2-5-22(27)29)26-23(30)15-6-8-18-19(12-15)25(32)28(24(18)31)14-17-4-3-11-34-17/h3-4,6-9,11-13H,2,5,10,14H2,1H3,(H,26,30). The summed E-state index contributed by atoms with van der Waals surface area (Å²) >= 11 is 0. The molecule has 34 heavy (non-hydrogen) atoms. The number of imide groups is 1. The molecule has 0 aliphatic carbocycles. The molecule has 9 heteroatoms. The lowest BCUT2D eigenvalue weighted by atomic mass is 10.1. The van der Waals surface area contributed by atoms with Gasteiger partial charge in [0.25, 0.3) is 17.7 Å². The second kappa shape index (κ2) is 8.51. The molecule has 5 rings (SSSR count). The van der Waals surface area contributed by atoms with E-state index >= 15 is 0 Å². The van der Waals surface area contributed by atoms with E-state index in [0.29, 0.717) is 35.9 Å². The van der Waals surface area contributed by atoms with Crippen LogP contribution in [0.25, 0.3) is 0 Å². The Bertz CT molecular complexity index is 1310. The van der Waals surface area contributed by atoms with E-state index in [4.69, 9.17) is 9.15 Å². The summed E-state index contributed by atoms with van der Waals surface area (Å²) in [5, 5.41) is 2.78. The summed E-state index contributed by atoms with van der Waals surface area (Å²) in [6.07, 6.45) is 2.76. The van der Waals surface area contributed by atoms with Gasteiger partial charge in [-0.1, -0.05) is 0 Å². The number of hydrogen-bond acceptors (Lipinski definition) is 6. The normalized spacial score (nSPS) is 15.1. The number of nitrogens with one attached hydrogen (secondary N) is 1. The number of benzene rings is 2. The van der Waals surface area contributed by atoms with Crippen LogP contribution in [0.15, 0.2) is 59.2 Å². The van der Waals surface area contributed by atoms with Gasteiger partial charge in [-0.3, -0.25) is 24.1 Å². The van der Waals surface area contributed by atoms with Crippen molar-refractivity contribution < 1.29 is 28.3 Å². The Morgan fingerprint density at radius 3 is 2.59 bits per heavy atom. The van der Waals surface area contributed by atoms with Crippen molar-refractivity contribution in [2.45, 2.75) is 19.4 Å². The quantitative estimate of drug-likeness (QED) is 0.566. The predicted molar refractivity (Wildman–Crippen MR) is 122 cm³/mol. The van der Waals surface area contributed by atoms with E-state index in [1.165, 1.54) is 31.6 Å². The van der Waals surface area contributed by atoms with Crippen LogP contribution in [0.5, 0.6) is 5.75 Å². The van der Waals surface area contributed by atoms with Crippen LogP contribution in [0.3, 0.4) is 0 Å². The highest BCUT2D eigenvalue weighted by Crippen LogP contribution is 2.34. The molecule has 1 N–H and O–H groups in total. The van der Waals surface area contributed by atoms with E-state index < -0.39 is 17.7 Å². The van der Waals surface area contributed by atoms with Gasteiger partial charge >= 0.3 is 0 Å². The van der Waals surface area contributed by atoms with Gasteiger partial charge in [0, 0.05) is 30.3 Å². The summed E-state index contributed by atoms with van der Waals surface area (Å²) in [6.45, 7) is 0.645. The van der Waals surface area contributed by atoms with Crippen LogP contribution in [-0.4, -0.2) is 42.2 Å². The maximum atomic E-state index is 12.9. The van der Waals surface area contributed by atoms with Gasteiger partial charge in [-0.05, 0) is 48.9 Å². The molecule has 4 amide bonds. The highest BCUT2D eigenvalue weighted by Gasteiger charge is 2.36. The van der Waals surface area contributed by atoms with Gasteiger partial charge in [0.2, 0.25) is 5.91 Å². The maximum Gasteiger partial charge on any atom is 0.261 e. The second-order valence-corrected chi connectivity index (χ2v) is 8.03. The Labute approximate surface area is 194 Å². The number of methoxy groups -OCH3 is 1. The third kappa shape index (κ3) is 3.71. The number of rotatable bonds is 6. The molecule has 0 bridgehead atoms. The first-order valence-electron chi connectivity index (χ1n) is 10.8. The molecule has 172 valence electrons. The van der Waals surface area contributed by atoms with E-state index in [2.05, 4.69) is 5.32 Å². The SMILES string of the molecule is COc1cc(NC(=O)c2ccc3c(c2)C(=O)N(Cc2ccco2)C3=O)ccc1N1CCCC1=O. The molecule has 0 unspecified atom stereocenters. The van der Waals surface area contributed by atoms with Crippen LogP contribution in [-0.2, 0) is 11.3 Å². The number of hydrogen-bond donors (Lipinski definition) is 1. The number of carbonyl (C=O) groups excluding carboxylic acids is 4. The van der Waals surface area contributed by atoms with Crippen LogP contribution >= 0.6 is 0 Å². The lowest BCUT2D eigenvalue weighted by molar-refractivity contribution is -0.117. The molecule has 1 aromatic heterocycles. The van der Waals surface area contributed by atoms with Crippen molar-refractivity contribution in [2.75, 3.05) is 23.9 Å². The molecule has 1 fully saturated rings. The average Bonchev–Trinajstić information content (AvgIpc) is 3.57. The van der Waals surface area contributed by atoms with Gasteiger partial charge in [-0.15, -0.1) is 0 Å². The Morgan fingerprint density at radius 1 is 1.06 bits per heavy atom. The molecule has 0 atom stereocenters. The molecule has 3 aromatic rings. The highest BCUT2D eigenvalue weighted by atomic mass is 16.5. The minimum atomic E-state index is -0.479. The molecular weight excluding hydrogens is 438 g/mol. The van der Waals surface area contributed by atoms with Gasteiger partial charge in [0.1, 0.15) is 11.5 Å². The maximum absolute atomic E-state index is 12.9. The van der Waals surface area contributed by atoms with Gasteiger partial charge in [0.05, 0.1) is 36.7 Å². The summed E-state index contributed by atoms with van der Waals surface area (Å²) < 4.78 is 10.7. The lowest BCUT2D eigenvalue weighted by Crippen LogP contribution is -2.28. The van der Waals surface area contributed by atoms with Gasteiger partial charge in [-0.25, -0.2) is 0 Å².